The minimum Gasteiger partial charge on any atom is -0.317 e. The molecule has 70 valence electrons. The molecule has 0 aromatic rings. The van der Waals surface area contributed by atoms with Crippen molar-refractivity contribution in [2.45, 2.75) is 51.0 Å². The smallest absolute Gasteiger partial charge is 0.00949 e. The summed E-state index contributed by atoms with van der Waals surface area (Å²) in [5, 5.41) is 3.52. The summed E-state index contributed by atoms with van der Waals surface area (Å²) >= 11 is 0. The second-order valence-electron chi connectivity index (χ2n) is 4.62. The molecular formula is C11H21N. The van der Waals surface area contributed by atoms with Gasteiger partial charge in [0.25, 0.3) is 0 Å². The zero-order valence-corrected chi connectivity index (χ0v) is 8.18. The fourth-order valence-electron chi connectivity index (χ4n) is 2.62. The van der Waals surface area contributed by atoms with Crippen LogP contribution < -0.4 is 5.32 Å². The van der Waals surface area contributed by atoms with Crippen molar-refractivity contribution in [2.75, 3.05) is 7.05 Å². The van der Waals surface area contributed by atoms with E-state index in [4.69, 9.17) is 0 Å². The summed E-state index contributed by atoms with van der Waals surface area (Å²) in [5.74, 6) is 2.10. The van der Waals surface area contributed by atoms with Crippen LogP contribution in [0.2, 0.25) is 0 Å². The average molecular weight is 167 g/mol. The largest absolute Gasteiger partial charge is 0.317 e. The highest BCUT2D eigenvalue weighted by Gasteiger charge is 2.30. The van der Waals surface area contributed by atoms with Crippen LogP contribution in [-0.4, -0.2) is 13.1 Å². The van der Waals surface area contributed by atoms with Crippen LogP contribution in [0.4, 0.5) is 0 Å². The van der Waals surface area contributed by atoms with Crippen molar-refractivity contribution in [3.05, 3.63) is 0 Å². The number of nitrogens with one attached hydrogen (secondary N) is 1. The second-order valence-corrected chi connectivity index (χ2v) is 4.62. The monoisotopic (exact) mass is 167 g/mol. The van der Waals surface area contributed by atoms with Crippen molar-refractivity contribution in [3.63, 3.8) is 0 Å². The predicted molar refractivity (Wildman–Crippen MR) is 52.1 cm³/mol. The molecule has 0 aromatic heterocycles. The summed E-state index contributed by atoms with van der Waals surface area (Å²) in [5.41, 5.74) is 0. The highest BCUT2D eigenvalue weighted by molar-refractivity contribution is 4.85. The van der Waals surface area contributed by atoms with E-state index in [9.17, 15) is 0 Å². The zero-order chi connectivity index (χ0) is 8.39. The maximum Gasteiger partial charge on any atom is 0.00949 e. The van der Waals surface area contributed by atoms with Gasteiger partial charge in [0.15, 0.2) is 0 Å². The van der Waals surface area contributed by atoms with Gasteiger partial charge < -0.3 is 5.32 Å². The quantitative estimate of drug-likeness (QED) is 0.678. The molecule has 2 fully saturated rings. The maximum atomic E-state index is 3.52. The first-order valence-corrected chi connectivity index (χ1v) is 5.57. The topological polar surface area (TPSA) is 12.0 Å². The summed E-state index contributed by atoms with van der Waals surface area (Å²) in [4.78, 5) is 0. The van der Waals surface area contributed by atoms with Crippen LogP contribution >= 0.6 is 0 Å². The Balaban J connectivity index is 1.78. The fourth-order valence-corrected chi connectivity index (χ4v) is 2.62. The molecule has 1 nitrogen and oxygen atoms in total. The number of hydrogen-bond acceptors (Lipinski definition) is 1. The molecule has 2 aliphatic carbocycles. The Bertz CT molecular complexity index is 134. The van der Waals surface area contributed by atoms with E-state index in [0.717, 1.165) is 17.9 Å². The Hall–Kier alpha value is -0.0400. The Kier molecular flexibility index (Phi) is 2.69. The molecule has 0 spiro atoms. The molecule has 0 saturated heterocycles. The molecule has 0 aromatic carbocycles. The summed E-state index contributed by atoms with van der Waals surface area (Å²) in [6.07, 6.45) is 10.4. The van der Waals surface area contributed by atoms with Gasteiger partial charge >= 0.3 is 0 Å². The summed E-state index contributed by atoms with van der Waals surface area (Å²) in [7, 11) is 2.14. The number of hydrogen-bond donors (Lipinski definition) is 1. The molecule has 1 N–H and O–H groups in total. The van der Waals surface area contributed by atoms with Crippen LogP contribution in [0.15, 0.2) is 0 Å². The van der Waals surface area contributed by atoms with Gasteiger partial charge in [-0.2, -0.15) is 0 Å². The molecule has 2 rings (SSSR count). The number of rotatable bonds is 4. The summed E-state index contributed by atoms with van der Waals surface area (Å²) < 4.78 is 0. The van der Waals surface area contributed by atoms with Gasteiger partial charge in [-0.1, -0.05) is 25.7 Å². The lowest BCUT2D eigenvalue weighted by Crippen LogP contribution is -2.32. The normalized spacial score (nSPS) is 27.8. The molecule has 1 unspecified atom stereocenters. The van der Waals surface area contributed by atoms with Gasteiger partial charge in [-0.15, -0.1) is 0 Å². The van der Waals surface area contributed by atoms with Gasteiger partial charge in [0.2, 0.25) is 0 Å². The lowest BCUT2D eigenvalue weighted by Gasteiger charge is -2.22. The third-order valence-electron chi connectivity index (χ3n) is 3.62. The van der Waals surface area contributed by atoms with E-state index >= 15 is 0 Å². The van der Waals surface area contributed by atoms with E-state index in [1.807, 2.05) is 0 Å². The molecule has 2 saturated carbocycles. The highest BCUT2D eigenvalue weighted by Crippen LogP contribution is 2.38. The lowest BCUT2D eigenvalue weighted by molar-refractivity contribution is 0.346. The molecule has 1 heteroatoms. The first kappa shape index (κ1) is 8.55. The second kappa shape index (κ2) is 3.78. The van der Waals surface area contributed by atoms with Gasteiger partial charge in [0, 0.05) is 6.04 Å². The first-order valence-electron chi connectivity index (χ1n) is 5.57. The minimum atomic E-state index is 0.847. The van der Waals surface area contributed by atoms with Crippen LogP contribution in [0.1, 0.15) is 44.9 Å². The van der Waals surface area contributed by atoms with E-state index in [-0.39, 0.29) is 0 Å². The molecule has 0 aliphatic heterocycles. The van der Waals surface area contributed by atoms with Gasteiger partial charge in [0.1, 0.15) is 0 Å². The zero-order valence-electron chi connectivity index (χ0n) is 8.18. The fraction of sp³-hybridized carbons (Fsp3) is 1.00. The Labute approximate surface area is 75.9 Å². The van der Waals surface area contributed by atoms with Gasteiger partial charge in [-0.3, -0.25) is 0 Å². The summed E-state index contributed by atoms with van der Waals surface area (Å²) in [6.45, 7) is 0. The van der Waals surface area contributed by atoms with Crippen LogP contribution in [0.25, 0.3) is 0 Å². The standard InChI is InChI=1S/C11H21N/c1-12-11(8-9-6-7-9)10-4-2-3-5-10/h9-12H,2-8H2,1H3. The van der Waals surface area contributed by atoms with Crippen molar-refractivity contribution in [1.29, 1.82) is 0 Å². The van der Waals surface area contributed by atoms with E-state index in [1.54, 1.807) is 0 Å². The Morgan fingerprint density at radius 1 is 1.17 bits per heavy atom. The van der Waals surface area contributed by atoms with Crippen LogP contribution in [0.3, 0.4) is 0 Å². The molecule has 1 atom stereocenters. The van der Waals surface area contributed by atoms with Crippen molar-refractivity contribution in [3.8, 4) is 0 Å². The van der Waals surface area contributed by atoms with Gasteiger partial charge in [0.05, 0.1) is 0 Å². The predicted octanol–water partition coefficient (Wildman–Crippen LogP) is 2.56. The van der Waals surface area contributed by atoms with E-state index < -0.39 is 0 Å². The molecule has 2 aliphatic rings. The van der Waals surface area contributed by atoms with E-state index in [1.165, 1.54) is 44.9 Å². The van der Waals surface area contributed by atoms with Crippen molar-refractivity contribution < 1.29 is 0 Å². The summed E-state index contributed by atoms with van der Waals surface area (Å²) in [6, 6.07) is 0.847. The third-order valence-corrected chi connectivity index (χ3v) is 3.62. The molecular weight excluding hydrogens is 146 g/mol. The van der Waals surface area contributed by atoms with E-state index in [0.29, 0.717) is 0 Å². The maximum absolute atomic E-state index is 3.52. The van der Waals surface area contributed by atoms with E-state index in [2.05, 4.69) is 12.4 Å². The SMILES string of the molecule is CNC(CC1CC1)C1CCCC1. The first-order chi connectivity index (χ1) is 5.90. The molecule has 0 bridgehead atoms. The minimum absolute atomic E-state index is 0.847. The van der Waals surface area contributed by atoms with Crippen LogP contribution in [0, 0.1) is 11.8 Å². The highest BCUT2D eigenvalue weighted by atomic mass is 14.9. The Morgan fingerprint density at radius 2 is 1.83 bits per heavy atom. The van der Waals surface area contributed by atoms with Gasteiger partial charge in [-0.05, 0) is 38.1 Å². The average Bonchev–Trinajstić information content (AvgIpc) is 2.74. The van der Waals surface area contributed by atoms with Crippen LogP contribution in [-0.2, 0) is 0 Å². The van der Waals surface area contributed by atoms with Crippen molar-refractivity contribution >= 4 is 0 Å². The third kappa shape index (κ3) is 2.01. The van der Waals surface area contributed by atoms with Crippen LogP contribution in [0.5, 0.6) is 0 Å². The van der Waals surface area contributed by atoms with Gasteiger partial charge in [-0.25, -0.2) is 0 Å². The van der Waals surface area contributed by atoms with Crippen molar-refractivity contribution in [1.82, 2.24) is 5.32 Å². The molecule has 12 heavy (non-hydrogen) atoms. The molecule has 0 radical (unpaired) electrons. The Morgan fingerprint density at radius 3 is 2.33 bits per heavy atom. The molecule has 0 heterocycles. The van der Waals surface area contributed by atoms with Crippen molar-refractivity contribution in [2.24, 2.45) is 11.8 Å². The lowest BCUT2D eigenvalue weighted by atomic mass is 9.94. The molecule has 0 amide bonds.